The topological polar surface area (TPSA) is 32.6 Å². The maximum Gasteiger partial charge on any atom is 0.0870 e. The van der Waals surface area contributed by atoms with Crippen LogP contribution in [0.25, 0.3) is 0 Å². The van der Waals surface area contributed by atoms with Crippen molar-refractivity contribution in [2.75, 3.05) is 0 Å². The molecule has 2 nitrogen and oxygen atoms in total. The second kappa shape index (κ2) is 3.38. The molecule has 1 aliphatic carbocycles. The van der Waals surface area contributed by atoms with Crippen LogP contribution >= 0.6 is 11.6 Å². The van der Waals surface area contributed by atoms with E-state index in [4.69, 9.17) is 16.8 Å². The number of fused-ring (bicyclic) bond motifs is 1. The smallest absolute Gasteiger partial charge is 0.0870 e. The van der Waals surface area contributed by atoms with Gasteiger partial charge < -0.3 is 5.21 Å². The average molecular weight is 196 g/mol. The Labute approximate surface area is 81.8 Å². The first-order chi connectivity index (χ1) is 6.31. The fourth-order valence-corrected chi connectivity index (χ4v) is 1.93. The third-order valence-electron chi connectivity index (χ3n) is 2.36. The van der Waals surface area contributed by atoms with Crippen molar-refractivity contribution in [3.63, 3.8) is 0 Å². The maximum atomic E-state index is 8.76. The molecule has 0 amide bonds. The van der Waals surface area contributed by atoms with Gasteiger partial charge in [0.05, 0.1) is 5.71 Å². The standard InChI is InChI=1S/C10H10ClNO/c11-8-4-5-9-7(6-8)2-1-3-10(9)12-13/h4-6,13H,1-3H2/b12-10+. The molecule has 1 N–H and O–H groups in total. The highest BCUT2D eigenvalue weighted by molar-refractivity contribution is 6.30. The Morgan fingerprint density at radius 3 is 2.92 bits per heavy atom. The number of oxime groups is 1. The summed E-state index contributed by atoms with van der Waals surface area (Å²) in [6.45, 7) is 0. The Balaban J connectivity index is 2.52. The predicted molar refractivity (Wildman–Crippen MR) is 52.7 cm³/mol. The fraction of sp³-hybridized carbons (Fsp3) is 0.300. The summed E-state index contributed by atoms with van der Waals surface area (Å²) < 4.78 is 0. The largest absolute Gasteiger partial charge is 0.411 e. The third-order valence-corrected chi connectivity index (χ3v) is 2.59. The van der Waals surface area contributed by atoms with Crippen LogP contribution in [0.3, 0.4) is 0 Å². The minimum Gasteiger partial charge on any atom is -0.411 e. The van der Waals surface area contributed by atoms with Crippen LogP contribution in [0.2, 0.25) is 5.02 Å². The van der Waals surface area contributed by atoms with Crippen molar-refractivity contribution < 1.29 is 5.21 Å². The maximum absolute atomic E-state index is 8.76. The molecule has 1 aliphatic rings. The number of hydrogen-bond acceptors (Lipinski definition) is 2. The van der Waals surface area contributed by atoms with Crippen LogP contribution in [-0.4, -0.2) is 10.9 Å². The fourth-order valence-electron chi connectivity index (χ4n) is 1.74. The number of rotatable bonds is 0. The van der Waals surface area contributed by atoms with Gasteiger partial charge in [0, 0.05) is 10.6 Å². The zero-order chi connectivity index (χ0) is 9.26. The molecule has 0 saturated heterocycles. The van der Waals surface area contributed by atoms with Crippen LogP contribution in [0.5, 0.6) is 0 Å². The van der Waals surface area contributed by atoms with E-state index < -0.39 is 0 Å². The van der Waals surface area contributed by atoms with E-state index in [-0.39, 0.29) is 0 Å². The van der Waals surface area contributed by atoms with Gasteiger partial charge in [-0.2, -0.15) is 0 Å². The van der Waals surface area contributed by atoms with Gasteiger partial charge >= 0.3 is 0 Å². The summed E-state index contributed by atoms with van der Waals surface area (Å²) in [7, 11) is 0. The summed E-state index contributed by atoms with van der Waals surface area (Å²) in [6, 6.07) is 5.70. The molecule has 1 aromatic rings. The Morgan fingerprint density at radius 1 is 1.31 bits per heavy atom. The van der Waals surface area contributed by atoms with E-state index in [1.165, 1.54) is 5.56 Å². The normalized spacial score (nSPS) is 18.7. The zero-order valence-electron chi connectivity index (χ0n) is 7.13. The summed E-state index contributed by atoms with van der Waals surface area (Å²) in [4.78, 5) is 0. The van der Waals surface area contributed by atoms with Crippen LogP contribution in [0.15, 0.2) is 23.4 Å². The summed E-state index contributed by atoms with van der Waals surface area (Å²) in [5.74, 6) is 0. The van der Waals surface area contributed by atoms with E-state index >= 15 is 0 Å². The molecule has 2 rings (SSSR count). The Bertz CT molecular complexity index is 360. The van der Waals surface area contributed by atoms with E-state index in [2.05, 4.69) is 5.16 Å². The highest BCUT2D eigenvalue weighted by atomic mass is 35.5. The van der Waals surface area contributed by atoms with Crippen molar-refractivity contribution >= 4 is 17.3 Å². The lowest BCUT2D eigenvalue weighted by Crippen LogP contribution is -2.11. The Hall–Kier alpha value is -1.02. The van der Waals surface area contributed by atoms with Gasteiger partial charge in [0.25, 0.3) is 0 Å². The highest BCUT2D eigenvalue weighted by Crippen LogP contribution is 2.24. The molecule has 0 atom stereocenters. The van der Waals surface area contributed by atoms with Gasteiger partial charge in [0.15, 0.2) is 0 Å². The molecule has 0 unspecified atom stereocenters. The van der Waals surface area contributed by atoms with Gasteiger partial charge in [0.2, 0.25) is 0 Å². The number of benzene rings is 1. The monoisotopic (exact) mass is 195 g/mol. The first-order valence-electron chi connectivity index (χ1n) is 4.31. The van der Waals surface area contributed by atoms with Crippen molar-refractivity contribution in [2.45, 2.75) is 19.3 Å². The summed E-state index contributed by atoms with van der Waals surface area (Å²) in [5.41, 5.74) is 3.00. The van der Waals surface area contributed by atoms with Crippen molar-refractivity contribution in [3.05, 3.63) is 34.3 Å². The molecule has 0 saturated carbocycles. The Kier molecular flexibility index (Phi) is 2.23. The highest BCUT2D eigenvalue weighted by Gasteiger charge is 2.15. The van der Waals surface area contributed by atoms with Crippen molar-refractivity contribution in [2.24, 2.45) is 5.16 Å². The number of aryl methyl sites for hydroxylation is 1. The molecule has 0 heterocycles. The lowest BCUT2D eigenvalue weighted by Gasteiger charge is -2.16. The summed E-state index contributed by atoms with van der Waals surface area (Å²) in [6.07, 6.45) is 2.91. The molecule has 0 radical (unpaired) electrons. The van der Waals surface area contributed by atoms with Crippen molar-refractivity contribution in [1.82, 2.24) is 0 Å². The molecular weight excluding hydrogens is 186 g/mol. The number of halogens is 1. The average Bonchev–Trinajstić information content (AvgIpc) is 2.16. The minimum absolute atomic E-state index is 0.748. The van der Waals surface area contributed by atoms with E-state index in [1.54, 1.807) is 0 Å². The van der Waals surface area contributed by atoms with E-state index in [1.807, 2.05) is 18.2 Å². The Morgan fingerprint density at radius 2 is 2.15 bits per heavy atom. The molecule has 1 aromatic carbocycles. The minimum atomic E-state index is 0.748. The predicted octanol–water partition coefficient (Wildman–Crippen LogP) is 2.85. The van der Waals surface area contributed by atoms with Gasteiger partial charge in [-0.1, -0.05) is 22.8 Å². The SMILES string of the molecule is O/N=C1\CCCc2cc(Cl)ccc21. The molecule has 0 spiro atoms. The first kappa shape index (κ1) is 8.57. The lowest BCUT2D eigenvalue weighted by molar-refractivity contribution is 0.317. The van der Waals surface area contributed by atoms with Gasteiger partial charge in [-0.25, -0.2) is 0 Å². The van der Waals surface area contributed by atoms with Gasteiger partial charge in [-0.05, 0) is 37.0 Å². The third kappa shape index (κ3) is 1.54. The molecule has 13 heavy (non-hydrogen) atoms. The molecule has 0 aromatic heterocycles. The van der Waals surface area contributed by atoms with E-state index in [0.29, 0.717) is 0 Å². The summed E-state index contributed by atoms with van der Waals surface area (Å²) in [5, 5.41) is 12.8. The molecule has 0 aliphatic heterocycles. The van der Waals surface area contributed by atoms with E-state index in [0.717, 1.165) is 35.6 Å². The molecule has 68 valence electrons. The second-order valence-electron chi connectivity index (χ2n) is 3.20. The van der Waals surface area contributed by atoms with Crippen LogP contribution in [0.4, 0.5) is 0 Å². The quantitative estimate of drug-likeness (QED) is 0.501. The van der Waals surface area contributed by atoms with Crippen LogP contribution < -0.4 is 0 Å². The van der Waals surface area contributed by atoms with Crippen molar-refractivity contribution in [1.29, 1.82) is 0 Å². The molecule has 3 heteroatoms. The van der Waals surface area contributed by atoms with Crippen LogP contribution in [-0.2, 0) is 6.42 Å². The van der Waals surface area contributed by atoms with Crippen LogP contribution in [0.1, 0.15) is 24.0 Å². The lowest BCUT2D eigenvalue weighted by atomic mass is 9.90. The zero-order valence-corrected chi connectivity index (χ0v) is 7.88. The molecular formula is C10H10ClNO. The van der Waals surface area contributed by atoms with Crippen molar-refractivity contribution in [3.8, 4) is 0 Å². The molecule has 0 bridgehead atoms. The number of nitrogens with zero attached hydrogens (tertiary/aromatic N) is 1. The molecule has 0 fully saturated rings. The van der Waals surface area contributed by atoms with Gasteiger partial charge in [-0.3, -0.25) is 0 Å². The summed E-state index contributed by atoms with van der Waals surface area (Å²) >= 11 is 5.87. The number of hydrogen-bond donors (Lipinski definition) is 1. The van der Waals surface area contributed by atoms with E-state index in [9.17, 15) is 0 Å². The van der Waals surface area contributed by atoms with Crippen LogP contribution in [0, 0.1) is 0 Å². The van der Waals surface area contributed by atoms with Gasteiger partial charge in [0.1, 0.15) is 0 Å². The first-order valence-corrected chi connectivity index (χ1v) is 4.69. The van der Waals surface area contributed by atoms with Gasteiger partial charge in [-0.15, -0.1) is 0 Å². The second-order valence-corrected chi connectivity index (χ2v) is 3.64.